The number of hydrogen-bond donors (Lipinski definition) is 2. The first-order valence-corrected chi connectivity index (χ1v) is 5.80. The molecule has 90 valence electrons. The van der Waals surface area contributed by atoms with Crippen molar-refractivity contribution in [1.29, 1.82) is 0 Å². The highest BCUT2D eigenvalue weighted by Crippen LogP contribution is 2.31. The molecule has 0 heterocycles. The van der Waals surface area contributed by atoms with Crippen molar-refractivity contribution in [2.75, 3.05) is 26.3 Å². The standard InChI is InChI=1S/C11H15Cl2NO2/c1-8-6-9(12)7-10(13)11(8)16-5-3-14-2-4-15/h6-7,14-15H,2-5H2,1H3. The third-order valence-electron chi connectivity index (χ3n) is 2.01. The van der Waals surface area contributed by atoms with Gasteiger partial charge in [0.15, 0.2) is 0 Å². The number of ether oxygens (including phenoxy) is 1. The molecule has 0 atom stereocenters. The van der Waals surface area contributed by atoms with E-state index in [2.05, 4.69) is 5.32 Å². The first-order chi connectivity index (χ1) is 7.65. The Bertz CT molecular complexity index is 322. The summed E-state index contributed by atoms with van der Waals surface area (Å²) < 4.78 is 5.53. The van der Waals surface area contributed by atoms with E-state index in [1.807, 2.05) is 13.0 Å². The van der Waals surface area contributed by atoms with Gasteiger partial charge in [0.1, 0.15) is 12.4 Å². The molecule has 0 aliphatic rings. The van der Waals surface area contributed by atoms with Crippen LogP contribution in [0.15, 0.2) is 12.1 Å². The van der Waals surface area contributed by atoms with Gasteiger partial charge in [-0.25, -0.2) is 0 Å². The van der Waals surface area contributed by atoms with Gasteiger partial charge in [0.05, 0.1) is 11.6 Å². The highest BCUT2D eigenvalue weighted by atomic mass is 35.5. The lowest BCUT2D eigenvalue weighted by molar-refractivity contribution is 0.275. The summed E-state index contributed by atoms with van der Waals surface area (Å²) in [6.07, 6.45) is 0. The van der Waals surface area contributed by atoms with Gasteiger partial charge in [-0.1, -0.05) is 23.2 Å². The molecule has 0 spiro atoms. The Morgan fingerprint density at radius 3 is 2.69 bits per heavy atom. The van der Waals surface area contributed by atoms with Crippen molar-refractivity contribution in [3.63, 3.8) is 0 Å². The minimum Gasteiger partial charge on any atom is -0.490 e. The van der Waals surface area contributed by atoms with Crippen LogP contribution in [0.4, 0.5) is 0 Å². The number of rotatable bonds is 6. The van der Waals surface area contributed by atoms with Crippen LogP contribution in [-0.2, 0) is 0 Å². The topological polar surface area (TPSA) is 41.5 Å². The maximum absolute atomic E-state index is 8.56. The van der Waals surface area contributed by atoms with Gasteiger partial charge in [-0.2, -0.15) is 0 Å². The third kappa shape index (κ3) is 4.18. The van der Waals surface area contributed by atoms with Crippen LogP contribution in [0, 0.1) is 6.92 Å². The molecule has 0 aliphatic heterocycles. The molecule has 1 aromatic rings. The molecule has 0 saturated carbocycles. The van der Waals surface area contributed by atoms with Crippen molar-refractivity contribution >= 4 is 23.2 Å². The summed E-state index contributed by atoms with van der Waals surface area (Å²) in [5.41, 5.74) is 0.916. The first-order valence-electron chi connectivity index (χ1n) is 5.05. The molecule has 0 bridgehead atoms. The molecule has 1 aromatic carbocycles. The van der Waals surface area contributed by atoms with E-state index in [1.54, 1.807) is 6.07 Å². The predicted octanol–water partition coefficient (Wildman–Crippen LogP) is 2.26. The SMILES string of the molecule is Cc1cc(Cl)cc(Cl)c1OCCNCCO. The largest absolute Gasteiger partial charge is 0.490 e. The molecular weight excluding hydrogens is 249 g/mol. The van der Waals surface area contributed by atoms with E-state index >= 15 is 0 Å². The van der Waals surface area contributed by atoms with Gasteiger partial charge < -0.3 is 15.2 Å². The number of nitrogens with one attached hydrogen (secondary N) is 1. The van der Waals surface area contributed by atoms with Crippen LogP contribution in [0.5, 0.6) is 5.75 Å². The fourth-order valence-corrected chi connectivity index (χ4v) is 1.95. The van der Waals surface area contributed by atoms with E-state index in [1.165, 1.54) is 0 Å². The van der Waals surface area contributed by atoms with Gasteiger partial charge in [0.2, 0.25) is 0 Å². The molecule has 0 unspecified atom stereocenters. The summed E-state index contributed by atoms with van der Waals surface area (Å²) in [4.78, 5) is 0. The maximum Gasteiger partial charge on any atom is 0.140 e. The highest BCUT2D eigenvalue weighted by molar-refractivity contribution is 6.35. The lowest BCUT2D eigenvalue weighted by atomic mass is 10.2. The summed E-state index contributed by atoms with van der Waals surface area (Å²) in [5.74, 6) is 0.664. The number of benzene rings is 1. The zero-order valence-electron chi connectivity index (χ0n) is 9.09. The molecule has 0 radical (unpaired) electrons. The Balaban J connectivity index is 2.47. The fraction of sp³-hybridized carbons (Fsp3) is 0.455. The van der Waals surface area contributed by atoms with Gasteiger partial charge in [0.25, 0.3) is 0 Å². The molecule has 0 aromatic heterocycles. The normalized spacial score (nSPS) is 10.5. The molecule has 0 aliphatic carbocycles. The molecule has 0 amide bonds. The Labute approximate surface area is 105 Å². The van der Waals surface area contributed by atoms with Crippen molar-refractivity contribution in [3.8, 4) is 5.75 Å². The average Bonchev–Trinajstić information content (AvgIpc) is 2.20. The molecule has 1 rings (SSSR count). The van der Waals surface area contributed by atoms with E-state index in [0.29, 0.717) is 35.5 Å². The van der Waals surface area contributed by atoms with Crippen molar-refractivity contribution in [1.82, 2.24) is 5.32 Å². The summed E-state index contributed by atoms with van der Waals surface area (Å²) >= 11 is 11.8. The van der Waals surface area contributed by atoms with Crippen LogP contribution in [0.2, 0.25) is 10.0 Å². The van der Waals surface area contributed by atoms with Crippen molar-refractivity contribution in [2.45, 2.75) is 6.92 Å². The number of hydrogen-bond acceptors (Lipinski definition) is 3. The van der Waals surface area contributed by atoms with Crippen molar-refractivity contribution in [3.05, 3.63) is 27.7 Å². The number of aliphatic hydroxyl groups excluding tert-OH is 1. The summed E-state index contributed by atoms with van der Waals surface area (Å²) in [6.45, 7) is 3.76. The smallest absolute Gasteiger partial charge is 0.140 e. The van der Waals surface area contributed by atoms with E-state index in [-0.39, 0.29) is 6.61 Å². The lowest BCUT2D eigenvalue weighted by Crippen LogP contribution is -2.24. The van der Waals surface area contributed by atoms with Crippen LogP contribution in [-0.4, -0.2) is 31.4 Å². The highest BCUT2D eigenvalue weighted by Gasteiger charge is 2.06. The Morgan fingerprint density at radius 2 is 2.06 bits per heavy atom. The second-order valence-corrected chi connectivity index (χ2v) is 4.20. The average molecular weight is 264 g/mol. The number of aliphatic hydroxyl groups is 1. The number of aryl methyl sites for hydroxylation is 1. The third-order valence-corrected chi connectivity index (χ3v) is 2.51. The van der Waals surface area contributed by atoms with Gasteiger partial charge in [-0.15, -0.1) is 0 Å². The lowest BCUT2D eigenvalue weighted by Gasteiger charge is -2.11. The molecule has 2 N–H and O–H groups in total. The van der Waals surface area contributed by atoms with Gasteiger partial charge in [-0.3, -0.25) is 0 Å². The maximum atomic E-state index is 8.56. The predicted molar refractivity (Wildman–Crippen MR) is 66.6 cm³/mol. The zero-order valence-corrected chi connectivity index (χ0v) is 10.6. The quantitative estimate of drug-likeness (QED) is 0.774. The van der Waals surface area contributed by atoms with Crippen molar-refractivity contribution in [2.24, 2.45) is 0 Å². The summed E-state index contributed by atoms with van der Waals surface area (Å²) in [7, 11) is 0. The van der Waals surface area contributed by atoms with Crippen LogP contribution in [0.25, 0.3) is 0 Å². The molecule has 0 fully saturated rings. The van der Waals surface area contributed by atoms with Crippen LogP contribution in [0.1, 0.15) is 5.56 Å². The van der Waals surface area contributed by atoms with Gasteiger partial charge >= 0.3 is 0 Å². The first kappa shape index (κ1) is 13.6. The molecule has 5 heteroatoms. The zero-order chi connectivity index (χ0) is 12.0. The van der Waals surface area contributed by atoms with E-state index in [4.69, 9.17) is 33.0 Å². The molecule has 16 heavy (non-hydrogen) atoms. The van der Waals surface area contributed by atoms with Crippen LogP contribution >= 0.6 is 23.2 Å². The monoisotopic (exact) mass is 263 g/mol. The van der Waals surface area contributed by atoms with E-state index in [0.717, 1.165) is 5.56 Å². The van der Waals surface area contributed by atoms with Gasteiger partial charge in [0, 0.05) is 18.1 Å². The molecule has 0 saturated heterocycles. The Morgan fingerprint density at radius 1 is 1.31 bits per heavy atom. The number of halogens is 2. The fourth-order valence-electron chi connectivity index (χ4n) is 1.30. The Kier molecular flexibility index (Phi) is 5.91. The second-order valence-electron chi connectivity index (χ2n) is 3.36. The Hall–Kier alpha value is -0.480. The molecular formula is C11H15Cl2NO2. The minimum atomic E-state index is 0.126. The summed E-state index contributed by atoms with van der Waals surface area (Å²) in [5, 5.41) is 12.7. The van der Waals surface area contributed by atoms with Crippen LogP contribution in [0.3, 0.4) is 0 Å². The molecule has 3 nitrogen and oxygen atoms in total. The second kappa shape index (κ2) is 6.97. The van der Waals surface area contributed by atoms with E-state index < -0.39 is 0 Å². The van der Waals surface area contributed by atoms with Crippen LogP contribution < -0.4 is 10.1 Å². The van der Waals surface area contributed by atoms with Crippen molar-refractivity contribution < 1.29 is 9.84 Å². The minimum absolute atomic E-state index is 0.126. The summed E-state index contributed by atoms with van der Waals surface area (Å²) in [6, 6.07) is 3.47. The van der Waals surface area contributed by atoms with E-state index in [9.17, 15) is 0 Å². The van der Waals surface area contributed by atoms with Gasteiger partial charge in [-0.05, 0) is 24.6 Å².